The van der Waals surface area contributed by atoms with Crippen molar-refractivity contribution < 1.29 is 8.78 Å². The van der Waals surface area contributed by atoms with Crippen molar-refractivity contribution in [2.24, 2.45) is 11.8 Å². The molecule has 7 heteroatoms. The van der Waals surface area contributed by atoms with E-state index < -0.39 is 5.82 Å². The summed E-state index contributed by atoms with van der Waals surface area (Å²) in [5, 5.41) is 4.08. The predicted octanol–water partition coefficient (Wildman–Crippen LogP) is 2.60. The lowest BCUT2D eigenvalue weighted by molar-refractivity contribution is 0.536. The van der Waals surface area contributed by atoms with Gasteiger partial charge in [-0.05, 0) is 36.5 Å². The summed E-state index contributed by atoms with van der Waals surface area (Å²) >= 11 is 0. The second kappa shape index (κ2) is 4.47. The van der Waals surface area contributed by atoms with Crippen molar-refractivity contribution in [2.75, 3.05) is 11.4 Å². The summed E-state index contributed by atoms with van der Waals surface area (Å²) in [6.45, 7) is 0.773. The first-order chi connectivity index (χ1) is 11.2. The van der Waals surface area contributed by atoms with Gasteiger partial charge in [0.25, 0.3) is 0 Å². The molecule has 0 spiro atoms. The van der Waals surface area contributed by atoms with Crippen LogP contribution in [0, 0.1) is 23.5 Å². The highest BCUT2D eigenvalue weighted by Gasteiger charge is 2.54. The van der Waals surface area contributed by atoms with Crippen LogP contribution in [0.2, 0.25) is 0 Å². The molecule has 0 bridgehead atoms. The van der Waals surface area contributed by atoms with Crippen molar-refractivity contribution in [1.29, 1.82) is 0 Å². The second-order valence-electron chi connectivity index (χ2n) is 6.21. The Morgan fingerprint density at radius 3 is 3.00 bits per heavy atom. The molecule has 5 nitrogen and oxygen atoms in total. The van der Waals surface area contributed by atoms with Crippen molar-refractivity contribution in [3.8, 4) is 0 Å². The third kappa shape index (κ3) is 1.92. The van der Waals surface area contributed by atoms with Crippen LogP contribution in [0.1, 0.15) is 18.0 Å². The van der Waals surface area contributed by atoms with Gasteiger partial charge in [-0.3, -0.25) is 0 Å². The lowest BCUT2D eigenvalue weighted by atomic mass is 10.0. The Balaban J connectivity index is 1.60. The number of nitrogens with zero attached hydrogens (tertiary/aromatic N) is 5. The van der Waals surface area contributed by atoms with Crippen LogP contribution >= 0.6 is 0 Å². The molecule has 0 N–H and O–H groups in total. The maximum atomic E-state index is 14.3. The van der Waals surface area contributed by atoms with Gasteiger partial charge in [-0.2, -0.15) is 10.1 Å². The number of hydrogen-bond acceptors (Lipinski definition) is 4. The van der Waals surface area contributed by atoms with Crippen LogP contribution in [0.4, 0.5) is 14.7 Å². The van der Waals surface area contributed by atoms with E-state index in [2.05, 4.69) is 15.1 Å². The molecule has 23 heavy (non-hydrogen) atoms. The van der Waals surface area contributed by atoms with Crippen LogP contribution in [-0.2, 0) is 0 Å². The van der Waals surface area contributed by atoms with Crippen LogP contribution in [0.5, 0.6) is 0 Å². The fourth-order valence-corrected chi connectivity index (χ4v) is 3.67. The lowest BCUT2D eigenvalue weighted by Crippen LogP contribution is -2.29. The fourth-order valence-electron chi connectivity index (χ4n) is 3.67. The summed E-state index contributed by atoms with van der Waals surface area (Å²) in [6.07, 6.45) is 4.30. The molecule has 1 saturated carbocycles. The minimum atomic E-state index is -0.419. The van der Waals surface area contributed by atoms with E-state index in [4.69, 9.17) is 0 Å². The maximum Gasteiger partial charge on any atom is 0.229 e. The predicted molar refractivity (Wildman–Crippen MR) is 78.8 cm³/mol. The number of benzene rings is 1. The maximum absolute atomic E-state index is 14.3. The second-order valence-corrected chi connectivity index (χ2v) is 6.21. The Morgan fingerprint density at radius 2 is 2.09 bits per heavy atom. The van der Waals surface area contributed by atoms with E-state index in [0.29, 0.717) is 29.0 Å². The average molecular weight is 313 g/mol. The number of fused-ring (bicyclic) bond motifs is 2. The van der Waals surface area contributed by atoms with Gasteiger partial charge in [0.15, 0.2) is 5.65 Å². The zero-order chi connectivity index (χ0) is 15.6. The number of aromatic nitrogens is 4. The number of piperidine rings is 1. The zero-order valence-corrected chi connectivity index (χ0v) is 12.1. The summed E-state index contributed by atoms with van der Waals surface area (Å²) in [5.74, 6) is 0.597. The van der Waals surface area contributed by atoms with E-state index in [1.165, 1.54) is 12.1 Å². The van der Waals surface area contributed by atoms with Gasteiger partial charge in [0.05, 0.1) is 12.2 Å². The normalized spacial score (nSPS) is 25.8. The highest BCUT2D eigenvalue weighted by molar-refractivity contribution is 5.47. The summed E-state index contributed by atoms with van der Waals surface area (Å²) in [4.78, 5) is 10.8. The molecule has 3 unspecified atom stereocenters. The van der Waals surface area contributed by atoms with Crippen LogP contribution in [0.15, 0.2) is 36.8 Å². The van der Waals surface area contributed by atoms with E-state index in [-0.39, 0.29) is 11.9 Å². The summed E-state index contributed by atoms with van der Waals surface area (Å²) in [6, 6.07) is 5.22. The largest absolute Gasteiger partial charge is 0.333 e. The molecule has 3 atom stereocenters. The standard InChI is InChI=1S/C16H13F2N5/c17-10-1-2-13(18)12(6-10)15-11-5-9(11)7-22(15)16-19-8-23-14(21-16)3-4-20-23/h1-4,6,8-9,11,15H,5,7H2. The Kier molecular flexibility index (Phi) is 2.51. The van der Waals surface area contributed by atoms with Gasteiger partial charge in [0.2, 0.25) is 5.95 Å². The zero-order valence-electron chi connectivity index (χ0n) is 12.1. The van der Waals surface area contributed by atoms with Crippen molar-refractivity contribution in [3.63, 3.8) is 0 Å². The summed E-state index contributed by atoms with van der Waals surface area (Å²) in [5.41, 5.74) is 1.08. The summed E-state index contributed by atoms with van der Waals surface area (Å²) < 4.78 is 29.4. The average Bonchev–Trinajstić information content (AvgIpc) is 3.00. The van der Waals surface area contributed by atoms with Crippen molar-refractivity contribution in [2.45, 2.75) is 12.5 Å². The molecule has 1 aliphatic heterocycles. The molecular formula is C16H13F2N5. The monoisotopic (exact) mass is 313 g/mol. The molecule has 1 aliphatic carbocycles. The molecule has 3 aromatic rings. The molecular weight excluding hydrogens is 300 g/mol. The van der Waals surface area contributed by atoms with Gasteiger partial charge in [-0.15, -0.1) is 0 Å². The topological polar surface area (TPSA) is 46.3 Å². The van der Waals surface area contributed by atoms with E-state index in [9.17, 15) is 8.78 Å². The van der Waals surface area contributed by atoms with Crippen molar-refractivity contribution in [1.82, 2.24) is 19.6 Å². The van der Waals surface area contributed by atoms with E-state index in [1.807, 2.05) is 4.90 Å². The summed E-state index contributed by atoms with van der Waals surface area (Å²) in [7, 11) is 0. The molecule has 2 aliphatic rings. The molecule has 1 saturated heterocycles. The highest BCUT2D eigenvalue weighted by atomic mass is 19.1. The fraction of sp³-hybridized carbons (Fsp3) is 0.312. The van der Waals surface area contributed by atoms with Crippen molar-refractivity contribution in [3.05, 3.63) is 54.0 Å². The Morgan fingerprint density at radius 1 is 1.17 bits per heavy atom. The number of halogens is 2. The molecule has 2 fully saturated rings. The SMILES string of the molecule is Fc1ccc(F)c(C2C3CC3CN2c2ncn3nccc3n2)c1. The first kappa shape index (κ1) is 12.9. The van der Waals surface area contributed by atoms with E-state index in [0.717, 1.165) is 19.0 Å². The molecule has 0 amide bonds. The Bertz CT molecular complexity index is 908. The van der Waals surface area contributed by atoms with Gasteiger partial charge >= 0.3 is 0 Å². The smallest absolute Gasteiger partial charge is 0.229 e. The molecule has 1 aromatic carbocycles. The molecule has 0 radical (unpaired) electrons. The van der Waals surface area contributed by atoms with Crippen LogP contribution in [-0.4, -0.2) is 26.1 Å². The first-order valence-corrected chi connectivity index (χ1v) is 7.59. The van der Waals surface area contributed by atoms with Gasteiger partial charge < -0.3 is 4.90 Å². The van der Waals surface area contributed by atoms with Crippen LogP contribution in [0.25, 0.3) is 5.65 Å². The third-order valence-corrected chi connectivity index (χ3v) is 4.83. The minimum Gasteiger partial charge on any atom is -0.333 e. The Labute approximate surface area is 130 Å². The molecule has 3 heterocycles. The number of rotatable bonds is 2. The number of anilines is 1. The molecule has 5 rings (SSSR count). The van der Waals surface area contributed by atoms with Crippen molar-refractivity contribution >= 4 is 11.6 Å². The van der Waals surface area contributed by atoms with Gasteiger partial charge in [-0.25, -0.2) is 18.3 Å². The number of hydrogen-bond donors (Lipinski definition) is 0. The Hall–Kier alpha value is -2.57. The molecule has 2 aromatic heterocycles. The van der Waals surface area contributed by atoms with Gasteiger partial charge in [-0.1, -0.05) is 0 Å². The quantitative estimate of drug-likeness (QED) is 0.729. The van der Waals surface area contributed by atoms with Crippen LogP contribution < -0.4 is 4.90 Å². The van der Waals surface area contributed by atoms with Gasteiger partial charge in [0.1, 0.15) is 18.0 Å². The molecule has 116 valence electrons. The van der Waals surface area contributed by atoms with Crippen LogP contribution in [0.3, 0.4) is 0 Å². The minimum absolute atomic E-state index is 0.207. The first-order valence-electron chi connectivity index (χ1n) is 7.59. The van der Waals surface area contributed by atoms with E-state index in [1.54, 1.807) is 23.1 Å². The van der Waals surface area contributed by atoms with E-state index >= 15 is 0 Å². The lowest BCUT2D eigenvalue weighted by Gasteiger charge is -2.28. The third-order valence-electron chi connectivity index (χ3n) is 4.83. The highest BCUT2D eigenvalue weighted by Crippen LogP contribution is 2.57. The van der Waals surface area contributed by atoms with Gasteiger partial charge in [0, 0.05) is 18.2 Å².